The number of hydrogen-bond donors (Lipinski definition) is 0. The number of carbonyl (C=O) groups excluding carboxylic acids is 1. The number of rotatable bonds is 6. The second-order valence-electron chi connectivity index (χ2n) is 4.60. The molecule has 124 valence electrons. The molecule has 0 N–H and O–H groups in total. The lowest BCUT2D eigenvalue weighted by Gasteiger charge is -2.15. The molecule has 2 aromatic rings. The normalized spacial score (nSPS) is 11.7. The Hall–Kier alpha value is -1.12. The summed E-state index contributed by atoms with van der Waals surface area (Å²) in [7, 11) is -2.62. The number of halogens is 2. The summed E-state index contributed by atoms with van der Waals surface area (Å²) in [5.74, 6) is -0.655. The number of carbonyl (C=O) groups is 1. The van der Waals surface area contributed by atoms with Gasteiger partial charge < -0.3 is 4.74 Å². The van der Waals surface area contributed by atoms with Gasteiger partial charge in [0.05, 0.1) is 4.34 Å². The average molecular weight is 394 g/mol. The van der Waals surface area contributed by atoms with Gasteiger partial charge in [-0.3, -0.25) is 4.79 Å². The third-order valence-corrected chi connectivity index (χ3v) is 6.46. The SMILES string of the molecule is CN(CC(=O)OCc1ccccc1)S(=O)(=O)c1cc(Cl)sc1Cl. The van der Waals surface area contributed by atoms with E-state index in [0.29, 0.717) is 0 Å². The van der Waals surface area contributed by atoms with E-state index in [-0.39, 0.29) is 20.2 Å². The molecule has 23 heavy (non-hydrogen) atoms. The van der Waals surface area contributed by atoms with Crippen LogP contribution in [0.5, 0.6) is 0 Å². The summed E-state index contributed by atoms with van der Waals surface area (Å²) in [5, 5.41) is 0. The van der Waals surface area contributed by atoms with Crippen LogP contribution in [-0.2, 0) is 26.2 Å². The quantitative estimate of drug-likeness (QED) is 0.705. The van der Waals surface area contributed by atoms with Crippen molar-refractivity contribution in [2.24, 2.45) is 0 Å². The highest BCUT2D eigenvalue weighted by molar-refractivity contribution is 7.89. The molecule has 1 heterocycles. The zero-order valence-electron chi connectivity index (χ0n) is 12.0. The summed E-state index contributed by atoms with van der Waals surface area (Å²) in [6, 6.07) is 10.4. The van der Waals surface area contributed by atoms with Crippen LogP contribution in [-0.4, -0.2) is 32.3 Å². The third-order valence-electron chi connectivity index (χ3n) is 2.91. The van der Waals surface area contributed by atoms with Crippen molar-refractivity contribution < 1.29 is 17.9 Å². The van der Waals surface area contributed by atoms with Gasteiger partial charge in [-0.1, -0.05) is 53.5 Å². The first kappa shape index (κ1) is 18.2. The number of sulfonamides is 1. The van der Waals surface area contributed by atoms with Gasteiger partial charge in [0, 0.05) is 7.05 Å². The number of thiophene rings is 1. The molecule has 1 aromatic heterocycles. The van der Waals surface area contributed by atoms with Gasteiger partial charge in [-0.25, -0.2) is 8.42 Å². The highest BCUT2D eigenvalue weighted by Crippen LogP contribution is 2.35. The fraction of sp³-hybridized carbons (Fsp3) is 0.214. The summed E-state index contributed by atoms with van der Waals surface area (Å²) in [5.41, 5.74) is 0.819. The highest BCUT2D eigenvalue weighted by atomic mass is 35.5. The minimum absolute atomic E-state index is 0.0551. The summed E-state index contributed by atoms with van der Waals surface area (Å²) in [6.45, 7) is -0.336. The van der Waals surface area contributed by atoms with E-state index in [2.05, 4.69) is 0 Å². The van der Waals surface area contributed by atoms with Crippen LogP contribution in [0.2, 0.25) is 8.67 Å². The lowest BCUT2D eigenvalue weighted by Crippen LogP contribution is -2.33. The minimum atomic E-state index is -3.90. The Balaban J connectivity index is 1.99. The number of nitrogens with zero attached hydrogens (tertiary/aromatic N) is 1. The maximum absolute atomic E-state index is 12.4. The number of esters is 1. The third kappa shape index (κ3) is 4.68. The van der Waals surface area contributed by atoms with E-state index in [1.54, 1.807) is 12.1 Å². The Bertz CT molecular complexity index is 790. The van der Waals surface area contributed by atoms with E-state index in [1.807, 2.05) is 18.2 Å². The zero-order chi connectivity index (χ0) is 17.0. The van der Waals surface area contributed by atoms with Gasteiger partial charge in [-0.15, -0.1) is 11.3 Å². The summed E-state index contributed by atoms with van der Waals surface area (Å²) < 4.78 is 31.0. The second kappa shape index (κ2) is 7.63. The van der Waals surface area contributed by atoms with Crippen molar-refractivity contribution in [3.05, 3.63) is 50.6 Å². The summed E-state index contributed by atoms with van der Waals surface area (Å²) in [6.07, 6.45) is 0. The Morgan fingerprint density at radius 1 is 1.26 bits per heavy atom. The van der Waals surface area contributed by atoms with E-state index in [9.17, 15) is 13.2 Å². The molecule has 0 atom stereocenters. The molecule has 1 aromatic carbocycles. The summed E-state index contributed by atoms with van der Waals surface area (Å²) in [4.78, 5) is 11.7. The maximum Gasteiger partial charge on any atom is 0.321 e. The van der Waals surface area contributed by atoms with Gasteiger partial charge in [0.15, 0.2) is 0 Å². The molecule has 0 saturated carbocycles. The van der Waals surface area contributed by atoms with Crippen molar-refractivity contribution >= 4 is 50.5 Å². The van der Waals surface area contributed by atoms with E-state index in [1.165, 1.54) is 13.1 Å². The molecule has 0 fully saturated rings. The monoisotopic (exact) mass is 393 g/mol. The maximum atomic E-state index is 12.4. The number of benzene rings is 1. The molecule has 0 aliphatic carbocycles. The van der Waals surface area contributed by atoms with Crippen molar-refractivity contribution in [2.45, 2.75) is 11.5 Å². The van der Waals surface area contributed by atoms with Gasteiger partial charge in [0.2, 0.25) is 10.0 Å². The zero-order valence-corrected chi connectivity index (χ0v) is 15.2. The van der Waals surface area contributed by atoms with Crippen molar-refractivity contribution in [1.82, 2.24) is 4.31 Å². The van der Waals surface area contributed by atoms with Crippen LogP contribution in [0.4, 0.5) is 0 Å². The van der Waals surface area contributed by atoms with Crippen LogP contribution in [0.25, 0.3) is 0 Å². The molecule has 0 amide bonds. The van der Waals surface area contributed by atoms with Crippen LogP contribution >= 0.6 is 34.5 Å². The van der Waals surface area contributed by atoms with Crippen LogP contribution in [0.15, 0.2) is 41.3 Å². The predicted molar refractivity (Wildman–Crippen MR) is 90.4 cm³/mol. The Morgan fingerprint density at radius 3 is 2.48 bits per heavy atom. The standard InChI is InChI=1S/C14H13Cl2NO4S2/c1-17(23(19,20)11-7-12(15)22-14(11)16)8-13(18)21-9-10-5-3-2-4-6-10/h2-7H,8-9H2,1H3. The van der Waals surface area contributed by atoms with Crippen molar-refractivity contribution in [1.29, 1.82) is 0 Å². The molecule has 0 spiro atoms. The number of ether oxygens (including phenoxy) is 1. The first-order chi connectivity index (χ1) is 10.8. The fourth-order valence-electron chi connectivity index (χ4n) is 1.72. The molecular formula is C14H13Cl2NO4S2. The molecule has 2 rings (SSSR count). The molecule has 0 aliphatic rings. The lowest BCUT2D eigenvalue weighted by molar-refractivity contribution is -0.144. The Kier molecular flexibility index (Phi) is 6.05. The van der Waals surface area contributed by atoms with Crippen LogP contribution in [0.3, 0.4) is 0 Å². The van der Waals surface area contributed by atoms with E-state index >= 15 is 0 Å². The van der Waals surface area contributed by atoms with Gasteiger partial charge in [-0.05, 0) is 11.6 Å². The van der Waals surface area contributed by atoms with Crippen LogP contribution in [0, 0.1) is 0 Å². The molecule has 9 heteroatoms. The number of likely N-dealkylation sites (N-methyl/N-ethyl adjacent to an activating group) is 1. The van der Waals surface area contributed by atoms with Gasteiger partial charge in [0.25, 0.3) is 0 Å². The first-order valence-electron chi connectivity index (χ1n) is 6.41. The fourth-order valence-corrected chi connectivity index (χ4v) is 4.94. The minimum Gasteiger partial charge on any atom is -0.460 e. The van der Waals surface area contributed by atoms with Crippen molar-refractivity contribution in [3.8, 4) is 0 Å². The Labute approximate surface area is 148 Å². The predicted octanol–water partition coefficient (Wildman–Crippen LogP) is 3.42. The molecular weight excluding hydrogens is 381 g/mol. The van der Waals surface area contributed by atoms with E-state index in [4.69, 9.17) is 27.9 Å². The van der Waals surface area contributed by atoms with Crippen LogP contribution < -0.4 is 0 Å². The summed E-state index contributed by atoms with van der Waals surface area (Å²) >= 11 is 12.6. The first-order valence-corrected chi connectivity index (χ1v) is 9.42. The lowest BCUT2D eigenvalue weighted by atomic mass is 10.2. The molecule has 0 saturated heterocycles. The molecule has 5 nitrogen and oxygen atoms in total. The van der Waals surface area contributed by atoms with E-state index < -0.39 is 22.5 Å². The highest BCUT2D eigenvalue weighted by Gasteiger charge is 2.27. The smallest absolute Gasteiger partial charge is 0.321 e. The van der Waals surface area contributed by atoms with Gasteiger partial charge in [0.1, 0.15) is 22.4 Å². The van der Waals surface area contributed by atoms with Crippen molar-refractivity contribution in [3.63, 3.8) is 0 Å². The van der Waals surface area contributed by atoms with E-state index in [0.717, 1.165) is 21.2 Å². The van der Waals surface area contributed by atoms with Gasteiger partial charge >= 0.3 is 5.97 Å². The molecule has 0 bridgehead atoms. The van der Waals surface area contributed by atoms with Crippen LogP contribution in [0.1, 0.15) is 5.56 Å². The molecule has 0 aliphatic heterocycles. The van der Waals surface area contributed by atoms with Gasteiger partial charge in [-0.2, -0.15) is 4.31 Å². The average Bonchev–Trinajstić information content (AvgIpc) is 2.85. The van der Waals surface area contributed by atoms with Crippen molar-refractivity contribution in [2.75, 3.05) is 13.6 Å². The largest absolute Gasteiger partial charge is 0.460 e. The Morgan fingerprint density at radius 2 is 1.91 bits per heavy atom. The number of hydrogen-bond acceptors (Lipinski definition) is 5. The topological polar surface area (TPSA) is 63.7 Å². The molecule has 0 unspecified atom stereocenters. The molecule has 0 radical (unpaired) electrons. The second-order valence-corrected chi connectivity index (χ2v) is 8.89.